The number of benzene rings is 2. The molecule has 0 fully saturated rings. The molecule has 1 aliphatic rings. The van der Waals surface area contributed by atoms with Crippen LogP contribution in [0.15, 0.2) is 36.5 Å². The van der Waals surface area contributed by atoms with Crippen LogP contribution in [0.2, 0.25) is 5.02 Å². The van der Waals surface area contributed by atoms with Crippen molar-refractivity contribution in [1.29, 1.82) is 0 Å². The van der Waals surface area contributed by atoms with Gasteiger partial charge >= 0.3 is 0 Å². The molecule has 1 aliphatic heterocycles. The van der Waals surface area contributed by atoms with Crippen LogP contribution in [0.25, 0.3) is 11.4 Å². The first-order valence-corrected chi connectivity index (χ1v) is 8.95. The van der Waals surface area contributed by atoms with Gasteiger partial charge in [0, 0.05) is 60.0 Å². The Balaban J connectivity index is 1.56. The van der Waals surface area contributed by atoms with Crippen LogP contribution in [-0.4, -0.2) is 21.4 Å². The highest BCUT2D eigenvalue weighted by atomic mass is 35.5. The summed E-state index contributed by atoms with van der Waals surface area (Å²) in [6.07, 6.45) is 2.19. The average molecular weight is 408 g/mol. The van der Waals surface area contributed by atoms with Crippen LogP contribution in [0.1, 0.15) is 16.8 Å². The standard InChI is InChI=1S/C20H14ClF4N3/c21-13-3-1-11(2-4-13)20-26-8-12-9-28(6-5-17(12)27-20)10-14-18(24)15(22)7-16(23)19(14)25/h1-4,7-8H,5-6,9-10H2. The average Bonchev–Trinajstić information content (AvgIpc) is 2.70. The summed E-state index contributed by atoms with van der Waals surface area (Å²) in [7, 11) is 0. The monoisotopic (exact) mass is 407 g/mol. The first-order chi connectivity index (χ1) is 13.4. The minimum absolute atomic E-state index is 0.214. The molecular formula is C20H14ClF4N3. The Hall–Kier alpha value is -2.51. The lowest BCUT2D eigenvalue weighted by molar-refractivity contribution is 0.233. The van der Waals surface area contributed by atoms with Crippen LogP contribution in [0, 0.1) is 23.3 Å². The number of fused-ring (bicyclic) bond motifs is 1. The van der Waals surface area contributed by atoms with Crippen LogP contribution in [0.3, 0.4) is 0 Å². The van der Waals surface area contributed by atoms with Gasteiger partial charge in [-0.2, -0.15) is 0 Å². The highest BCUT2D eigenvalue weighted by molar-refractivity contribution is 6.30. The summed E-state index contributed by atoms with van der Waals surface area (Å²) in [6, 6.07) is 7.36. The minimum Gasteiger partial charge on any atom is -0.294 e. The predicted octanol–water partition coefficient (Wildman–Crippen LogP) is 4.91. The highest BCUT2D eigenvalue weighted by Gasteiger charge is 2.24. The van der Waals surface area contributed by atoms with Gasteiger partial charge in [0.1, 0.15) is 0 Å². The van der Waals surface area contributed by atoms with Gasteiger partial charge < -0.3 is 0 Å². The number of rotatable bonds is 3. The first-order valence-electron chi connectivity index (χ1n) is 8.57. The maximum absolute atomic E-state index is 13.9. The molecule has 0 aliphatic carbocycles. The minimum atomic E-state index is -1.40. The van der Waals surface area contributed by atoms with E-state index in [1.165, 1.54) is 0 Å². The van der Waals surface area contributed by atoms with Crippen molar-refractivity contribution in [3.05, 3.63) is 81.6 Å². The molecule has 3 nitrogen and oxygen atoms in total. The Morgan fingerprint density at radius 2 is 1.68 bits per heavy atom. The fourth-order valence-electron chi connectivity index (χ4n) is 3.23. The van der Waals surface area contributed by atoms with Gasteiger partial charge in [-0.25, -0.2) is 27.5 Å². The second-order valence-electron chi connectivity index (χ2n) is 6.58. The SMILES string of the molecule is Fc1cc(F)c(F)c(CN2CCc3nc(-c4ccc(Cl)cc4)ncc3C2)c1F. The molecule has 28 heavy (non-hydrogen) atoms. The maximum Gasteiger partial charge on any atom is 0.166 e. The van der Waals surface area contributed by atoms with Crippen LogP contribution >= 0.6 is 11.6 Å². The third-order valence-electron chi connectivity index (χ3n) is 4.70. The quantitative estimate of drug-likeness (QED) is 0.456. The van der Waals surface area contributed by atoms with E-state index in [2.05, 4.69) is 9.97 Å². The summed E-state index contributed by atoms with van der Waals surface area (Å²) >= 11 is 5.89. The van der Waals surface area contributed by atoms with Crippen molar-refractivity contribution in [2.75, 3.05) is 6.54 Å². The lowest BCUT2D eigenvalue weighted by atomic mass is 10.1. The van der Waals surface area contributed by atoms with Crippen LogP contribution in [-0.2, 0) is 19.5 Å². The van der Waals surface area contributed by atoms with Gasteiger partial charge in [-0.05, 0) is 24.3 Å². The third-order valence-corrected chi connectivity index (χ3v) is 4.95. The summed E-state index contributed by atoms with van der Waals surface area (Å²) in [6.45, 7) is 0.527. The van der Waals surface area contributed by atoms with Crippen molar-refractivity contribution >= 4 is 11.6 Å². The van der Waals surface area contributed by atoms with Gasteiger partial charge in [-0.3, -0.25) is 4.90 Å². The second kappa shape index (κ2) is 7.48. The maximum atomic E-state index is 13.9. The highest BCUT2D eigenvalue weighted by Crippen LogP contribution is 2.25. The van der Waals surface area contributed by atoms with Crippen molar-refractivity contribution in [2.24, 2.45) is 0 Å². The second-order valence-corrected chi connectivity index (χ2v) is 7.02. The molecular weight excluding hydrogens is 394 g/mol. The molecule has 1 aromatic heterocycles. The van der Waals surface area contributed by atoms with Crippen LogP contribution < -0.4 is 0 Å². The van der Waals surface area contributed by atoms with Gasteiger partial charge in [0.05, 0.1) is 5.69 Å². The zero-order chi connectivity index (χ0) is 19.8. The summed E-state index contributed by atoms with van der Waals surface area (Å²) in [5.74, 6) is -4.96. The summed E-state index contributed by atoms with van der Waals surface area (Å²) in [5.41, 5.74) is 1.86. The zero-order valence-corrected chi connectivity index (χ0v) is 15.3. The molecule has 144 valence electrons. The number of aromatic nitrogens is 2. The van der Waals surface area contributed by atoms with E-state index in [0.29, 0.717) is 30.4 Å². The van der Waals surface area contributed by atoms with E-state index < -0.39 is 28.8 Å². The summed E-state index contributed by atoms with van der Waals surface area (Å²) in [5, 5.41) is 0.616. The van der Waals surface area contributed by atoms with Gasteiger partial charge in [0.2, 0.25) is 0 Å². The molecule has 0 saturated carbocycles. The van der Waals surface area contributed by atoms with Crippen molar-refractivity contribution in [3.8, 4) is 11.4 Å². The molecule has 0 radical (unpaired) electrons. The fraction of sp³-hybridized carbons (Fsp3) is 0.200. The topological polar surface area (TPSA) is 29.0 Å². The fourth-order valence-corrected chi connectivity index (χ4v) is 3.36. The number of nitrogens with zero attached hydrogens (tertiary/aromatic N) is 3. The van der Waals surface area contributed by atoms with Gasteiger partial charge in [-0.1, -0.05) is 11.6 Å². The Bertz CT molecular complexity index is 1010. The molecule has 2 heterocycles. The first kappa shape index (κ1) is 18.8. The lowest BCUT2D eigenvalue weighted by Gasteiger charge is -2.28. The molecule has 8 heteroatoms. The Morgan fingerprint density at radius 1 is 1.00 bits per heavy atom. The van der Waals surface area contributed by atoms with E-state index in [1.54, 1.807) is 23.2 Å². The Morgan fingerprint density at radius 3 is 2.36 bits per heavy atom. The molecule has 0 atom stereocenters. The largest absolute Gasteiger partial charge is 0.294 e. The number of hydrogen-bond acceptors (Lipinski definition) is 3. The lowest BCUT2D eigenvalue weighted by Crippen LogP contribution is -2.32. The Labute approximate surface area is 163 Å². The molecule has 0 spiro atoms. The van der Waals surface area contributed by atoms with E-state index in [0.717, 1.165) is 16.8 Å². The Kier molecular flexibility index (Phi) is 5.03. The van der Waals surface area contributed by atoms with Crippen LogP contribution in [0.5, 0.6) is 0 Å². The van der Waals surface area contributed by atoms with Gasteiger partial charge in [0.25, 0.3) is 0 Å². The molecule has 0 saturated heterocycles. The number of hydrogen-bond donors (Lipinski definition) is 0. The normalized spacial score (nSPS) is 14.2. The van der Waals surface area contributed by atoms with Crippen molar-refractivity contribution in [1.82, 2.24) is 14.9 Å². The van der Waals surface area contributed by atoms with Gasteiger partial charge in [0.15, 0.2) is 29.1 Å². The zero-order valence-electron chi connectivity index (χ0n) is 14.5. The smallest absolute Gasteiger partial charge is 0.166 e. The van der Waals surface area contributed by atoms with Crippen molar-refractivity contribution in [2.45, 2.75) is 19.5 Å². The summed E-state index contributed by atoms with van der Waals surface area (Å²) < 4.78 is 54.7. The van der Waals surface area contributed by atoms with Gasteiger partial charge in [-0.15, -0.1) is 0 Å². The van der Waals surface area contributed by atoms with E-state index >= 15 is 0 Å². The molecule has 2 aromatic carbocycles. The van der Waals surface area contributed by atoms with E-state index in [1.807, 2.05) is 12.1 Å². The van der Waals surface area contributed by atoms with Crippen molar-refractivity contribution in [3.63, 3.8) is 0 Å². The molecule has 0 bridgehead atoms. The predicted molar refractivity (Wildman–Crippen MR) is 96.6 cm³/mol. The van der Waals surface area contributed by atoms with E-state index in [9.17, 15) is 17.6 Å². The van der Waals surface area contributed by atoms with Crippen LogP contribution in [0.4, 0.5) is 17.6 Å². The molecule has 3 aromatic rings. The van der Waals surface area contributed by atoms with E-state index in [-0.39, 0.29) is 12.6 Å². The summed E-state index contributed by atoms with van der Waals surface area (Å²) in [4.78, 5) is 10.6. The third kappa shape index (κ3) is 3.59. The molecule has 4 rings (SSSR count). The van der Waals surface area contributed by atoms with Crippen molar-refractivity contribution < 1.29 is 17.6 Å². The molecule has 0 amide bonds. The molecule has 0 unspecified atom stereocenters. The number of halogens is 5. The van der Waals surface area contributed by atoms with E-state index in [4.69, 9.17) is 11.6 Å². The molecule has 0 N–H and O–H groups in total.